The van der Waals surface area contributed by atoms with Gasteiger partial charge in [-0.3, -0.25) is 0 Å². The molecule has 47 heavy (non-hydrogen) atoms. The topological polar surface area (TPSA) is 3.24 Å². The number of rotatable bonds is 8. The minimum Gasteiger partial charge on any atom is -0.375 e. The predicted octanol–water partition coefficient (Wildman–Crippen LogP) is 13.8. The smallest absolute Gasteiger partial charge is 0.0364 e. The molecule has 0 amide bonds. The largest absolute Gasteiger partial charge is 0.375 e. The molecule has 0 radical (unpaired) electrons. The van der Waals surface area contributed by atoms with Crippen LogP contribution in [0.15, 0.2) is 128 Å². The van der Waals surface area contributed by atoms with Crippen LogP contribution in [-0.4, -0.2) is 13.6 Å². The molecule has 0 fully saturated rings. The van der Waals surface area contributed by atoms with Gasteiger partial charge in [0.25, 0.3) is 0 Å². The summed E-state index contributed by atoms with van der Waals surface area (Å²) in [5.41, 5.74) is 10.8. The van der Waals surface area contributed by atoms with Crippen LogP contribution in [0.5, 0.6) is 0 Å². The summed E-state index contributed by atoms with van der Waals surface area (Å²) >= 11 is 0. The molecule has 0 atom stereocenters. The minimum absolute atomic E-state index is 0.113. The lowest BCUT2D eigenvalue weighted by Crippen LogP contribution is -2.17. The molecule has 0 aliphatic carbocycles. The molecule has 0 heterocycles. The Morgan fingerprint density at radius 1 is 0.723 bits per heavy atom. The zero-order valence-corrected chi connectivity index (χ0v) is 31.1. The van der Waals surface area contributed by atoms with Gasteiger partial charge in [0.2, 0.25) is 0 Å². The van der Waals surface area contributed by atoms with Crippen LogP contribution in [0.4, 0.5) is 5.69 Å². The number of aryl methyl sites for hydroxylation is 1. The fraction of sp³-hybridized carbons (Fsp3) is 0.304. The lowest BCUT2D eigenvalue weighted by molar-refractivity contribution is 0.590. The molecule has 0 saturated heterocycles. The van der Waals surface area contributed by atoms with E-state index in [2.05, 4.69) is 181 Å². The van der Waals surface area contributed by atoms with E-state index >= 15 is 0 Å². The molecule has 0 bridgehead atoms. The highest BCUT2D eigenvalue weighted by Crippen LogP contribution is 2.34. The Kier molecular flexibility index (Phi) is 16.0. The Hall–Kier alpha value is -4.36. The molecule has 0 spiro atoms. The highest BCUT2D eigenvalue weighted by Gasteiger charge is 2.14. The van der Waals surface area contributed by atoms with Gasteiger partial charge in [-0.1, -0.05) is 171 Å². The molecule has 4 aromatic rings. The number of nitrogens with zero attached hydrogens (tertiary/aromatic N) is 1. The van der Waals surface area contributed by atoms with E-state index in [4.69, 9.17) is 0 Å². The second-order valence-electron chi connectivity index (χ2n) is 12.3. The standard InChI is InChI=1S/C42H47N.2C2H6/c1-9-30-43(8)37-28-24-34(25-29-37)33(10-2)21-20-32(4)41-31(3)16-12-11-13-17-38(39-18-14-15-19-40(39)41)35-22-26-36(27-23-35)42(5,6)7;2*1-2/h10-29H,4,9,30H2,1-3,5-8H3;2*1-2H3/b12-11?,13-11?,16-12?,17-13?,21-20-,31-16?,33-10+,38-17?,39-38?,41-31?,41-40?;;. The number of benzene rings is 3. The highest BCUT2D eigenvalue weighted by molar-refractivity contribution is 6.02. The molecular formula is C46H59N. The first kappa shape index (κ1) is 38.8. The molecule has 0 aromatic heterocycles. The summed E-state index contributed by atoms with van der Waals surface area (Å²) in [6, 6.07) is 37.4. The normalized spacial score (nSPS) is 11.2. The van der Waals surface area contributed by atoms with E-state index in [9.17, 15) is 0 Å². The van der Waals surface area contributed by atoms with Crippen LogP contribution in [0.2, 0.25) is 0 Å². The van der Waals surface area contributed by atoms with Crippen molar-refractivity contribution in [2.24, 2.45) is 0 Å². The molecule has 1 heteroatoms. The lowest BCUT2D eigenvalue weighted by Gasteiger charge is -2.19. The molecular weight excluding hydrogens is 567 g/mol. The fourth-order valence-corrected chi connectivity index (χ4v) is 5.57. The Labute approximate surface area is 287 Å². The Morgan fingerprint density at radius 2 is 1.30 bits per heavy atom. The van der Waals surface area contributed by atoms with Gasteiger partial charge in [0.15, 0.2) is 0 Å². The lowest BCUT2D eigenvalue weighted by atomic mass is 9.86. The van der Waals surface area contributed by atoms with Gasteiger partial charge in [-0.05, 0) is 93.1 Å². The van der Waals surface area contributed by atoms with Gasteiger partial charge >= 0.3 is 0 Å². The number of anilines is 1. The molecule has 1 nitrogen and oxygen atoms in total. The Bertz CT molecular complexity index is 1670. The fourth-order valence-electron chi connectivity index (χ4n) is 5.57. The van der Waals surface area contributed by atoms with E-state index in [-0.39, 0.29) is 5.41 Å². The van der Waals surface area contributed by atoms with Gasteiger partial charge in [-0.2, -0.15) is 0 Å². The van der Waals surface area contributed by atoms with Gasteiger partial charge in [-0.15, -0.1) is 0 Å². The third-order valence-corrected chi connectivity index (χ3v) is 8.07. The number of hydrogen-bond acceptors (Lipinski definition) is 1. The van der Waals surface area contributed by atoms with Gasteiger partial charge < -0.3 is 4.90 Å². The molecule has 4 rings (SSSR count). The van der Waals surface area contributed by atoms with Crippen molar-refractivity contribution in [2.75, 3.05) is 18.5 Å². The Morgan fingerprint density at radius 3 is 1.87 bits per heavy atom. The molecule has 0 saturated carbocycles. The van der Waals surface area contributed by atoms with Crippen molar-refractivity contribution in [1.82, 2.24) is 0 Å². The Balaban J connectivity index is 0.00000185. The van der Waals surface area contributed by atoms with Crippen LogP contribution in [0.1, 0.15) is 91.0 Å². The van der Waals surface area contributed by atoms with Crippen molar-refractivity contribution >= 4 is 27.6 Å². The van der Waals surface area contributed by atoms with E-state index in [0.717, 1.165) is 24.1 Å². The minimum atomic E-state index is 0.113. The van der Waals surface area contributed by atoms with Crippen LogP contribution in [0.25, 0.3) is 33.0 Å². The molecule has 0 N–H and O–H groups in total. The first-order valence-corrected chi connectivity index (χ1v) is 17.5. The summed E-state index contributed by atoms with van der Waals surface area (Å²) in [7, 11) is 2.15. The zero-order valence-electron chi connectivity index (χ0n) is 31.1. The summed E-state index contributed by atoms with van der Waals surface area (Å²) in [6.07, 6.45) is 7.66. The molecule has 248 valence electrons. The highest BCUT2D eigenvalue weighted by atomic mass is 15.1. The molecule has 0 aliphatic heterocycles. The van der Waals surface area contributed by atoms with Crippen molar-refractivity contribution in [3.05, 3.63) is 150 Å². The number of hydrogen-bond donors (Lipinski definition) is 0. The average molecular weight is 626 g/mol. The van der Waals surface area contributed by atoms with Gasteiger partial charge in [0, 0.05) is 19.3 Å². The first-order valence-electron chi connectivity index (χ1n) is 17.5. The molecule has 0 unspecified atom stereocenters. The van der Waals surface area contributed by atoms with Crippen LogP contribution >= 0.6 is 0 Å². The second kappa shape index (κ2) is 19.3. The van der Waals surface area contributed by atoms with Gasteiger partial charge in [0.05, 0.1) is 0 Å². The maximum absolute atomic E-state index is 4.60. The van der Waals surface area contributed by atoms with Crippen LogP contribution < -0.4 is 4.90 Å². The monoisotopic (exact) mass is 625 g/mol. The average Bonchev–Trinajstić information content (AvgIpc) is 3.09. The van der Waals surface area contributed by atoms with E-state index in [0.29, 0.717) is 0 Å². The van der Waals surface area contributed by atoms with Crippen LogP contribution in [0.3, 0.4) is 0 Å². The first-order chi connectivity index (χ1) is 22.6. The van der Waals surface area contributed by atoms with Gasteiger partial charge in [-0.25, -0.2) is 0 Å². The van der Waals surface area contributed by atoms with Crippen molar-refractivity contribution < 1.29 is 0 Å². The van der Waals surface area contributed by atoms with Crippen molar-refractivity contribution in [1.29, 1.82) is 0 Å². The maximum Gasteiger partial charge on any atom is 0.0364 e. The summed E-state index contributed by atoms with van der Waals surface area (Å²) < 4.78 is 0. The van der Waals surface area contributed by atoms with E-state index in [1.807, 2.05) is 27.7 Å². The van der Waals surface area contributed by atoms with E-state index < -0.39 is 0 Å². The maximum atomic E-state index is 4.60. The van der Waals surface area contributed by atoms with E-state index in [1.165, 1.54) is 49.9 Å². The van der Waals surface area contributed by atoms with Crippen molar-refractivity contribution in [2.45, 2.75) is 81.1 Å². The zero-order chi connectivity index (χ0) is 35.0. The van der Waals surface area contributed by atoms with Crippen LogP contribution in [-0.2, 0) is 5.41 Å². The predicted molar refractivity (Wildman–Crippen MR) is 215 cm³/mol. The third-order valence-electron chi connectivity index (χ3n) is 8.07. The summed E-state index contributed by atoms with van der Waals surface area (Å²) in [6.45, 7) is 26.9. The quantitative estimate of drug-likeness (QED) is 0.176. The van der Waals surface area contributed by atoms with Gasteiger partial charge in [0.1, 0.15) is 0 Å². The molecule has 0 aliphatic rings. The second-order valence-corrected chi connectivity index (χ2v) is 12.3. The summed E-state index contributed by atoms with van der Waals surface area (Å²) in [5.74, 6) is 0. The SMILES string of the molecule is C=C(/C=C\C(=C/C)c1ccc(N(C)CCC)cc1)c1c(C)cccccc(-c2ccc(C(C)(C)C)cc2)c2ccccc12.CC.CC. The van der Waals surface area contributed by atoms with E-state index in [1.54, 1.807) is 0 Å². The molecule has 4 aromatic carbocycles. The summed E-state index contributed by atoms with van der Waals surface area (Å²) in [5, 5.41) is 2.39. The van der Waals surface area contributed by atoms with Crippen LogP contribution in [0, 0.1) is 6.92 Å². The number of fused-ring (bicyclic) bond motifs is 1. The summed E-state index contributed by atoms with van der Waals surface area (Å²) in [4.78, 5) is 2.30. The third kappa shape index (κ3) is 10.6. The number of allylic oxidation sites excluding steroid dienone is 5. The van der Waals surface area contributed by atoms with Crippen molar-refractivity contribution in [3.8, 4) is 11.1 Å². The van der Waals surface area contributed by atoms with Crippen molar-refractivity contribution in [3.63, 3.8) is 0 Å².